The normalized spacial score (nSPS) is 11.9. The van der Waals surface area contributed by atoms with Gasteiger partial charge < -0.3 is 13.3 Å². The van der Waals surface area contributed by atoms with Crippen molar-refractivity contribution in [1.82, 2.24) is 0 Å². The van der Waals surface area contributed by atoms with Gasteiger partial charge in [0.1, 0.15) is 0 Å². The summed E-state index contributed by atoms with van der Waals surface area (Å²) in [6.07, 6.45) is 0. The molecule has 0 N–H and O–H groups in total. The Morgan fingerprint density at radius 3 is 1.88 bits per heavy atom. The van der Waals surface area contributed by atoms with E-state index in [2.05, 4.69) is 79.9 Å². The first-order chi connectivity index (χ1) is 7.50. The Balaban J connectivity index is 3.40. The van der Waals surface area contributed by atoms with Crippen LogP contribution in [0.4, 0.5) is 0 Å². The molecule has 90 valence electrons. The molecule has 0 saturated heterocycles. The zero-order valence-corrected chi connectivity index (χ0v) is 16.5. The highest BCUT2D eigenvalue weighted by molar-refractivity contribution is 14.1. The molecular formula is C9H11I3O3Si. The molecule has 0 fully saturated rings. The molecule has 7 heteroatoms. The number of hydrogen-bond donors (Lipinski definition) is 0. The van der Waals surface area contributed by atoms with Gasteiger partial charge in [-0.1, -0.05) is 0 Å². The summed E-state index contributed by atoms with van der Waals surface area (Å²) in [4.78, 5) is 0. The molecule has 3 nitrogen and oxygen atoms in total. The van der Waals surface area contributed by atoms with Gasteiger partial charge in [0.25, 0.3) is 0 Å². The molecule has 0 saturated carbocycles. The molecule has 1 aromatic rings. The highest BCUT2D eigenvalue weighted by Crippen LogP contribution is 2.20. The van der Waals surface area contributed by atoms with Gasteiger partial charge in [-0.05, 0) is 79.9 Å². The minimum Gasteiger partial charge on any atom is -0.373 e. The summed E-state index contributed by atoms with van der Waals surface area (Å²) in [6.45, 7) is 0. The van der Waals surface area contributed by atoms with E-state index in [1.807, 2.05) is 0 Å². The average Bonchev–Trinajstić information content (AvgIpc) is 2.28. The largest absolute Gasteiger partial charge is 0.537 e. The quantitative estimate of drug-likeness (QED) is 0.314. The van der Waals surface area contributed by atoms with Crippen LogP contribution in [-0.4, -0.2) is 30.1 Å². The number of hydrogen-bond acceptors (Lipinski definition) is 3. The van der Waals surface area contributed by atoms with Crippen molar-refractivity contribution in [3.05, 3.63) is 22.8 Å². The molecule has 0 spiro atoms. The van der Waals surface area contributed by atoms with E-state index in [-0.39, 0.29) is 0 Å². The summed E-state index contributed by atoms with van der Waals surface area (Å²) in [7, 11) is 2.16. The van der Waals surface area contributed by atoms with Gasteiger partial charge in [-0.25, -0.2) is 0 Å². The van der Waals surface area contributed by atoms with Crippen LogP contribution in [0, 0.1) is 10.7 Å². The third-order valence-corrected chi connectivity index (χ3v) is 8.97. The van der Waals surface area contributed by atoms with Gasteiger partial charge in [-0.15, -0.1) is 0 Å². The summed E-state index contributed by atoms with van der Waals surface area (Å²) in [5.74, 6) is 0. The lowest BCUT2D eigenvalue weighted by atomic mass is 10.4. The van der Waals surface area contributed by atoms with Crippen molar-refractivity contribution in [1.29, 1.82) is 0 Å². The summed E-state index contributed by atoms with van der Waals surface area (Å²) in [6, 6.07) is 4.18. The van der Waals surface area contributed by atoms with Crippen LogP contribution >= 0.6 is 67.8 Å². The van der Waals surface area contributed by atoms with Crippen molar-refractivity contribution in [2.45, 2.75) is 0 Å². The van der Waals surface area contributed by atoms with Gasteiger partial charge in [-0.2, -0.15) is 0 Å². The van der Waals surface area contributed by atoms with Gasteiger partial charge in [0.05, 0.1) is 0 Å². The van der Waals surface area contributed by atoms with Crippen molar-refractivity contribution in [3.8, 4) is 0 Å². The third kappa shape index (κ3) is 3.09. The van der Waals surface area contributed by atoms with Crippen LogP contribution in [0.5, 0.6) is 0 Å². The Hall–Kier alpha value is 1.51. The van der Waals surface area contributed by atoms with E-state index >= 15 is 0 Å². The minimum absolute atomic E-state index is 1.02. The fraction of sp³-hybridized carbons (Fsp3) is 0.333. The first kappa shape index (κ1) is 15.6. The number of halogens is 3. The third-order valence-electron chi connectivity index (χ3n) is 2.13. The molecule has 0 unspecified atom stereocenters. The second-order valence-corrected chi connectivity index (χ2v) is 9.28. The standard InChI is InChI=1S/C9H11I3O3Si/c1-13-16(14-2,15-3)8-5-6(10)4-7(11)9(8)12/h4-5H,1-3H3. The molecule has 0 atom stereocenters. The highest BCUT2D eigenvalue weighted by Gasteiger charge is 2.43. The zero-order valence-electron chi connectivity index (χ0n) is 9.01. The van der Waals surface area contributed by atoms with Crippen molar-refractivity contribution in [2.75, 3.05) is 21.3 Å². The van der Waals surface area contributed by atoms with Gasteiger partial charge >= 0.3 is 8.80 Å². The van der Waals surface area contributed by atoms with Crippen LogP contribution in [0.15, 0.2) is 12.1 Å². The Morgan fingerprint density at radius 1 is 0.938 bits per heavy atom. The van der Waals surface area contributed by atoms with E-state index in [0.717, 1.165) is 12.3 Å². The molecule has 0 heterocycles. The monoisotopic (exact) mass is 576 g/mol. The lowest BCUT2D eigenvalue weighted by Crippen LogP contribution is -2.56. The molecule has 16 heavy (non-hydrogen) atoms. The van der Waals surface area contributed by atoms with Crippen molar-refractivity contribution in [2.24, 2.45) is 0 Å². The summed E-state index contributed by atoms with van der Waals surface area (Å²) in [5.41, 5.74) is 0. The first-order valence-corrected chi connectivity index (χ1v) is 9.27. The maximum Gasteiger partial charge on any atom is 0.537 e. The van der Waals surface area contributed by atoms with Crippen LogP contribution in [0.25, 0.3) is 0 Å². The van der Waals surface area contributed by atoms with Crippen LogP contribution in [0.1, 0.15) is 0 Å². The maximum atomic E-state index is 5.50. The SMILES string of the molecule is CO[Si](OC)(OC)c1cc(I)cc(I)c1I. The maximum absolute atomic E-state index is 5.50. The van der Waals surface area contributed by atoms with Gasteiger partial charge in [0, 0.05) is 37.2 Å². The Bertz CT molecular complexity index is 374. The second kappa shape index (κ2) is 6.61. The number of benzene rings is 1. The summed E-state index contributed by atoms with van der Waals surface area (Å²) in [5, 5.41) is 1.02. The molecule has 0 aromatic heterocycles. The van der Waals surface area contributed by atoms with Gasteiger partial charge in [0.15, 0.2) is 0 Å². The smallest absolute Gasteiger partial charge is 0.373 e. The van der Waals surface area contributed by atoms with E-state index in [1.54, 1.807) is 21.3 Å². The predicted molar refractivity (Wildman–Crippen MR) is 91.0 cm³/mol. The van der Waals surface area contributed by atoms with Crippen LogP contribution in [0.2, 0.25) is 0 Å². The van der Waals surface area contributed by atoms with Crippen LogP contribution < -0.4 is 5.19 Å². The Labute approximate surface area is 137 Å². The van der Waals surface area contributed by atoms with Gasteiger partial charge in [0.2, 0.25) is 0 Å². The fourth-order valence-corrected chi connectivity index (χ4v) is 6.95. The van der Waals surface area contributed by atoms with E-state index in [1.165, 1.54) is 3.57 Å². The minimum atomic E-state index is -2.72. The molecule has 0 aliphatic heterocycles. The Kier molecular flexibility index (Phi) is 6.43. The van der Waals surface area contributed by atoms with E-state index in [0.29, 0.717) is 0 Å². The van der Waals surface area contributed by atoms with Gasteiger partial charge in [-0.3, -0.25) is 0 Å². The number of rotatable bonds is 4. The highest BCUT2D eigenvalue weighted by atomic mass is 127. The molecule has 0 aliphatic carbocycles. The lowest BCUT2D eigenvalue weighted by Gasteiger charge is -2.26. The fourth-order valence-electron chi connectivity index (χ4n) is 1.36. The topological polar surface area (TPSA) is 27.7 Å². The molecule has 0 amide bonds. The molecule has 0 bridgehead atoms. The molecule has 0 aliphatic rings. The van der Waals surface area contributed by atoms with E-state index in [9.17, 15) is 0 Å². The van der Waals surface area contributed by atoms with Crippen molar-refractivity contribution in [3.63, 3.8) is 0 Å². The summed E-state index contributed by atoms with van der Waals surface area (Å²) >= 11 is 6.89. The molecule has 0 radical (unpaired) electrons. The Morgan fingerprint density at radius 2 is 1.44 bits per heavy atom. The van der Waals surface area contributed by atoms with Crippen molar-refractivity contribution < 1.29 is 13.3 Å². The molecule has 1 rings (SSSR count). The average molecular weight is 576 g/mol. The first-order valence-electron chi connectivity index (χ1n) is 4.31. The molecular weight excluding hydrogens is 565 g/mol. The predicted octanol–water partition coefficient (Wildman–Crippen LogP) is 2.59. The summed E-state index contributed by atoms with van der Waals surface area (Å²) < 4.78 is 20.0. The van der Waals surface area contributed by atoms with E-state index < -0.39 is 8.80 Å². The zero-order chi connectivity index (χ0) is 12.3. The lowest BCUT2D eigenvalue weighted by molar-refractivity contribution is 0.140. The second-order valence-electron chi connectivity index (χ2n) is 2.92. The van der Waals surface area contributed by atoms with Crippen molar-refractivity contribution >= 4 is 81.8 Å². The van der Waals surface area contributed by atoms with Crippen LogP contribution in [0.3, 0.4) is 0 Å². The molecule has 1 aromatic carbocycles. The van der Waals surface area contributed by atoms with E-state index in [4.69, 9.17) is 13.3 Å². The van der Waals surface area contributed by atoms with Crippen LogP contribution in [-0.2, 0) is 13.3 Å².